The van der Waals surface area contributed by atoms with Gasteiger partial charge in [-0.15, -0.1) is 0 Å². The Morgan fingerprint density at radius 2 is 1.94 bits per heavy atom. The third kappa shape index (κ3) is 1.35. The first-order valence-electron chi connectivity index (χ1n) is 6.27. The minimum absolute atomic E-state index is 0.589. The van der Waals surface area contributed by atoms with E-state index in [0.717, 1.165) is 5.54 Å². The molecule has 0 amide bonds. The summed E-state index contributed by atoms with van der Waals surface area (Å²) in [5.41, 5.74) is 3.60. The number of hydrogen-bond donors (Lipinski definition) is 0. The lowest BCUT2D eigenvalue weighted by atomic mass is 9.89. The molecule has 1 heteroatoms. The van der Waals surface area contributed by atoms with Crippen LogP contribution in [0.1, 0.15) is 17.0 Å². The summed E-state index contributed by atoms with van der Waals surface area (Å²) in [6, 6.07) is 6.73. The molecule has 0 saturated heterocycles. The third-order valence-corrected chi connectivity index (χ3v) is 8.40. The molecule has 2 aliphatic rings. The summed E-state index contributed by atoms with van der Waals surface area (Å²) >= 11 is 0. The van der Waals surface area contributed by atoms with Crippen LogP contribution in [0.15, 0.2) is 49.1 Å². The lowest BCUT2D eigenvalue weighted by Crippen LogP contribution is -2.41. The van der Waals surface area contributed by atoms with Gasteiger partial charge in [-0.05, 0) is 16.7 Å². The summed E-state index contributed by atoms with van der Waals surface area (Å²) in [4.78, 5) is 0. The normalized spacial score (nSPS) is 27.6. The van der Waals surface area contributed by atoms with E-state index in [9.17, 15) is 0 Å². The van der Waals surface area contributed by atoms with Crippen LogP contribution in [0.5, 0.6) is 0 Å². The Balaban J connectivity index is 2.29. The second kappa shape index (κ2) is 3.57. The molecule has 1 aliphatic heterocycles. The highest BCUT2D eigenvalue weighted by atomic mass is 28.3. The highest BCUT2D eigenvalue weighted by Crippen LogP contribution is 2.47. The van der Waals surface area contributed by atoms with Crippen molar-refractivity contribution in [3.63, 3.8) is 0 Å². The van der Waals surface area contributed by atoms with Crippen molar-refractivity contribution in [3.05, 3.63) is 60.2 Å². The van der Waals surface area contributed by atoms with Crippen LogP contribution >= 0.6 is 0 Å². The van der Waals surface area contributed by atoms with Crippen LogP contribution in [0, 0.1) is 0 Å². The van der Waals surface area contributed by atoms with Crippen LogP contribution in [-0.2, 0) is 0 Å². The summed E-state index contributed by atoms with van der Waals surface area (Å²) in [6.45, 7) is 8.95. The number of allylic oxidation sites excluding steroid dienone is 4. The minimum atomic E-state index is -1.36. The number of rotatable bonds is 1. The number of benzene rings is 1. The van der Waals surface area contributed by atoms with Gasteiger partial charge in [0.05, 0.1) is 8.07 Å². The zero-order chi connectivity index (χ0) is 12.0. The second-order valence-corrected chi connectivity index (χ2v) is 10.2. The Morgan fingerprint density at radius 3 is 2.71 bits per heavy atom. The number of fused-ring (bicyclic) bond motifs is 3. The van der Waals surface area contributed by atoms with Crippen molar-refractivity contribution in [1.82, 2.24) is 0 Å². The van der Waals surface area contributed by atoms with Crippen molar-refractivity contribution in [3.8, 4) is 0 Å². The summed E-state index contributed by atoms with van der Waals surface area (Å²) in [5.74, 6) is 0.589. The fourth-order valence-corrected chi connectivity index (χ4v) is 7.10. The molecule has 86 valence electrons. The molecule has 0 nitrogen and oxygen atoms in total. The van der Waals surface area contributed by atoms with Crippen LogP contribution in [0.3, 0.4) is 0 Å². The first-order valence-corrected chi connectivity index (χ1v) is 9.35. The van der Waals surface area contributed by atoms with Crippen LogP contribution in [0.25, 0.3) is 6.08 Å². The third-order valence-electron chi connectivity index (χ3n) is 4.36. The first kappa shape index (κ1) is 10.8. The summed E-state index contributed by atoms with van der Waals surface area (Å²) in [5, 5.41) is 1.63. The van der Waals surface area contributed by atoms with Gasteiger partial charge in [0.25, 0.3) is 0 Å². The Hall–Kier alpha value is -1.34. The van der Waals surface area contributed by atoms with E-state index in [1.165, 1.54) is 5.56 Å². The average molecular weight is 238 g/mol. The molecule has 1 aromatic carbocycles. The van der Waals surface area contributed by atoms with Crippen LogP contribution in [0.4, 0.5) is 0 Å². The topological polar surface area (TPSA) is 0 Å². The Kier molecular flexibility index (Phi) is 2.27. The average Bonchev–Trinajstić information content (AvgIpc) is 2.60. The second-order valence-electron chi connectivity index (χ2n) is 5.56. The Morgan fingerprint density at radius 1 is 1.18 bits per heavy atom. The molecule has 0 spiro atoms. The largest absolute Gasteiger partial charge is 0.0985 e. The van der Waals surface area contributed by atoms with Crippen molar-refractivity contribution in [2.24, 2.45) is 0 Å². The summed E-state index contributed by atoms with van der Waals surface area (Å²) in [6.07, 6.45) is 11.2. The van der Waals surface area contributed by atoms with Crippen LogP contribution in [-0.4, -0.2) is 8.07 Å². The van der Waals surface area contributed by atoms with Gasteiger partial charge in [0, 0.05) is 5.92 Å². The van der Waals surface area contributed by atoms with E-state index >= 15 is 0 Å². The summed E-state index contributed by atoms with van der Waals surface area (Å²) < 4.78 is 0. The lowest BCUT2D eigenvalue weighted by Gasteiger charge is -2.27. The van der Waals surface area contributed by atoms with Crippen molar-refractivity contribution in [2.45, 2.75) is 24.6 Å². The molecule has 1 aromatic rings. The highest BCUT2D eigenvalue weighted by Gasteiger charge is 2.46. The Bertz CT molecular complexity index is 534. The molecule has 1 heterocycles. The van der Waals surface area contributed by atoms with Gasteiger partial charge in [-0.25, -0.2) is 0 Å². The molecule has 17 heavy (non-hydrogen) atoms. The first-order chi connectivity index (χ1) is 8.16. The smallest absolute Gasteiger partial charge is 0.0887 e. The van der Waals surface area contributed by atoms with Gasteiger partial charge in [-0.1, -0.05) is 73.4 Å². The molecule has 0 fully saturated rings. The molecule has 1 aliphatic carbocycles. The van der Waals surface area contributed by atoms with Crippen molar-refractivity contribution < 1.29 is 0 Å². The van der Waals surface area contributed by atoms with Gasteiger partial charge in [0.1, 0.15) is 0 Å². The predicted octanol–water partition coefficient (Wildman–Crippen LogP) is 3.84. The molecular weight excluding hydrogens is 220 g/mol. The van der Waals surface area contributed by atoms with Crippen LogP contribution in [0.2, 0.25) is 18.6 Å². The predicted molar refractivity (Wildman–Crippen MR) is 78.4 cm³/mol. The van der Waals surface area contributed by atoms with Crippen LogP contribution < -0.4 is 5.19 Å². The van der Waals surface area contributed by atoms with Gasteiger partial charge in [-0.2, -0.15) is 0 Å². The summed E-state index contributed by atoms with van der Waals surface area (Å²) in [7, 11) is -1.36. The van der Waals surface area contributed by atoms with E-state index in [0.29, 0.717) is 5.92 Å². The van der Waals surface area contributed by atoms with Gasteiger partial charge >= 0.3 is 0 Å². The van der Waals surface area contributed by atoms with E-state index < -0.39 is 8.07 Å². The van der Waals surface area contributed by atoms with E-state index in [-0.39, 0.29) is 0 Å². The van der Waals surface area contributed by atoms with Gasteiger partial charge < -0.3 is 0 Å². The molecular formula is C16H18Si. The molecule has 0 bridgehead atoms. The zero-order valence-corrected chi connectivity index (χ0v) is 11.5. The van der Waals surface area contributed by atoms with Gasteiger partial charge in [0.15, 0.2) is 0 Å². The minimum Gasteiger partial charge on any atom is -0.0985 e. The maximum Gasteiger partial charge on any atom is 0.0887 e. The van der Waals surface area contributed by atoms with Crippen molar-refractivity contribution >= 4 is 19.3 Å². The standard InChI is InChI=1S/C16H18Si/c1-4-12-8-7-11-15-16(12)13-9-5-6-10-14(13)17(15,2)3/h4-11,13-14H,1H2,2-3H3. The number of hydrogen-bond acceptors (Lipinski definition) is 0. The molecule has 0 radical (unpaired) electrons. The lowest BCUT2D eigenvalue weighted by molar-refractivity contribution is 0.855. The fourth-order valence-electron chi connectivity index (χ4n) is 3.45. The maximum absolute atomic E-state index is 3.97. The monoisotopic (exact) mass is 238 g/mol. The zero-order valence-electron chi connectivity index (χ0n) is 10.5. The molecule has 0 N–H and O–H groups in total. The van der Waals surface area contributed by atoms with Crippen molar-refractivity contribution in [1.29, 1.82) is 0 Å². The fraction of sp³-hybridized carbons (Fsp3) is 0.250. The van der Waals surface area contributed by atoms with E-state index in [4.69, 9.17) is 0 Å². The Labute approximate surface area is 104 Å². The highest BCUT2D eigenvalue weighted by molar-refractivity contribution is 6.93. The molecule has 2 atom stereocenters. The van der Waals surface area contributed by atoms with E-state index in [2.05, 4.69) is 62.2 Å². The SMILES string of the molecule is C=Cc1cccc2c1C1C=CC=CC1[Si]2(C)C. The molecule has 2 unspecified atom stereocenters. The van der Waals surface area contributed by atoms with E-state index in [1.807, 2.05) is 6.08 Å². The van der Waals surface area contributed by atoms with Gasteiger partial charge in [0.2, 0.25) is 0 Å². The van der Waals surface area contributed by atoms with Crippen molar-refractivity contribution in [2.75, 3.05) is 0 Å². The molecule has 0 saturated carbocycles. The molecule has 3 rings (SSSR count). The van der Waals surface area contributed by atoms with E-state index in [1.54, 1.807) is 10.8 Å². The maximum atomic E-state index is 3.97. The quantitative estimate of drug-likeness (QED) is 0.652. The van der Waals surface area contributed by atoms with Gasteiger partial charge in [-0.3, -0.25) is 0 Å². The molecule has 0 aromatic heterocycles.